The van der Waals surface area contributed by atoms with Crippen LogP contribution < -0.4 is 11.1 Å². The van der Waals surface area contributed by atoms with Crippen LogP contribution >= 0.6 is 0 Å². The van der Waals surface area contributed by atoms with Gasteiger partial charge in [0.05, 0.1) is 16.6 Å². The Hall–Kier alpha value is -3.79. The summed E-state index contributed by atoms with van der Waals surface area (Å²) < 4.78 is 7.15. The number of nitrogens with one attached hydrogen (secondary N) is 1. The van der Waals surface area contributed by atoms with Crippen molar-refractivity contribution >= 4 is 17.5 Å². The molecule has 0 saturated carbocycles. The lowest BCUT2D eigenvalue weighted by atomic mass is 10.1. The number of carbonyl (C=O) groups is 2. The van der Waals surface area contributed by atoms with Crippen LogP contribution in [0.15, 0.2) is 54.9 Å². The Morgan fingerprint density at radius 2 is 1.96 bits per heavy atom. The SMILES string of the molecule is N#Cc1c(COC(=O)c2ccc(CNC(N)=O)cc2)cn2ccccc12. The van der Waals surface area contributed by atoms with Crippen LogP contribution in [0.4, 0.5) is 4.79 Å². The highest BCUT2D eigenvalue weighted by Crippen LogP contribution is 2.19. The molecule has 26 heavy (non-hydrogen) atoms. The minimum absolute atomic E-state index is 0.00832. The molecule has 0 spiro atoms. The number of carbonyl (C=O) groups excluding carboxylic acids is 2. The highest BCUT2D eigenvalue weighted by molar-refractivity contribution is 5.89. The third kappa shape index (κ3) is 3.65. The summed E-state index contributed by atoms with van der Waals surface area (Å²) in [5.74, 6) is -0.487. The molecule has 2 aromatic heterocycles. The summed E-state index contributed by atoms with van der Waals surface area (Å²) in [5.41, 5.74) is 8.12. The number of hydrogen-bond acceptors (Lipinski definition) is 4. The third-order valence-electron chi connectivity index (χ3n) is 3.89. The number of aromatic nitrogens is 1. The number of nitrogens with zero attached hydrogens (tertiary/aromatic N) is 2. The Labute approximate surface area is 149 Å². The second-order valence-corrected chi connectivity index (χ2v) is 5.63. The van der Waals surface area contributed by atoms with Crippen molar-refractivity contribution < 1.29 is 14.3 Å². The van der Waals surface area contributed by atoms with Crippen molar-refractivity contribution in [1.82, 2.24) is 9.72 Å². The number of ether oxygens (including phenoxy) is 1. The summed E-state index contributed by atoms with van der Waals surface area (Å²) >= 11 is 0. The van der Waals surface area contributed by atoms with Crippen LogP contribution in [0.2, 0.25) is 0 Å². The topological polar surface area (TPSA) is 110 Å². The predicted molar refractivity (Wildman–Crippen MR) is 94.1 cm³/mol. The lowest BCUT2D eigenvalue weighted by Crippen LogP contribution is -2.28. The molecule has 0 bridgehead atoms. The van der Waals surface area contributed by atoms with Gasteiger partial charge in [0, 0.05) is 24.5 Å². The van der Waals surface area contributed by atoms with Crippen LogP contribution in [0, 0.1) is 11.3 Å². The summed E-state index contributed by atoms with van der Waals surface area (Å²) in [5, 5.41) is 11.8. The number of nitriles is 1. The molecule has 0 radical (unpaired) electrons. The van der Waals surface area contributed by atoms with E-state index in [9.17, 15) is 14.9 Å². The first-order valence-electron chi connectivity index (χ1n) is 7.86. The van der Waals surface area contributed by atoms with Crippen LogP contribution in [-0.2, 0) is 17.9 Å². The average molecular weight is 348 g/mol. The molecule has 0 aliphatic carbocycles. The molecule has 0 saturated heterocycles. The molecule has 3 N–H and O–H groups in total. The maximum absolute atomic E-state index is 12.2. The van der Waals surface area contributed by atoms with Gasteiger partial charge in [0.2, 0.25) is 0 Å². The zero-order chi connectivity index (χ0) is 18.5. The van der Waals surface area contributed by atoms with Crippen molar-refractivity contribution in [3.8, 4) is 6.07 Å². The summed E-state index contributed by atoms with van der Waals surface area (Å²) in [4.78, 5) is 22.9. The summed E-state index contributed by atoms with van der Waals surface area (Å²) in [6.45, 7) is 0.294. The lowest BCUT2D eigenvalue weighted by molar-refractivity contribution is 0.0472. The Morgan fingerprint density at radius 1 is 1.19 bits per heavy atom. The fourth-order valence-electron chi connectivity index (χ4n) is 2.59. The Kier molecular flexibility index (Phi) is 4.85. The van der Waals surface area contributed by atoms with E-state index in [-0.39, 0.29) is 13.2 Å². The van der Waals surface area contributed by atoms with E-state index < -0.39 is 12.0 Å². The van der Waals surface area contributed by atoms with Gasteiger partial charge in [-0.15, -0.1) is 0 Å². The maximum Gasteiger partial charge on any atom is 0.338 e. The molecule has 3 rings (SSSR count). The number of benzene rings is 1. The van der Waals surface area contributed by atoms with Crippen molar-refractivity contribution in [1.29, 1.82) is 5.26 Å². The van der Waals surface area contributed by atoms with Crippen molar-refractivity contribution in [2.45, 2.75) is 13.2 Å². The summed E-state index contributed by atoms with van der Waals surface area (Å²) in [6.07, 6.45) is 3.61. The van der Waals surface area contributed by atoms with Gasteiger partial charge in [0.25, 0.3) is 0 Å². The van der Waals surface area contributed by atoms with Gasteiger partial charge in [-0.1, -0.05) is 18.2 Å². The molecule has 2 heterocycles. The van der Waals surface area contributed by atoms with Gasteiger partial charge in [-0.25, -0.2) is 9.59 Å². The zero-order valence-electron chi connectivity index (χ0n) is 13.8. The van der Waals surface area contributed by atoms with E-state index in [2.05, 4.69) is 11.4 Å². The highest BCUT2D eigenvalue weighted by Gasteiger charge is 2.13. The van der Waals surface area contributed by atoms with Crippen LogP contribution in [0.25, 0.3) is 5.52 Å². The van der Waals surface area contributed by atoms with E-state index in [1.165, 1.54) is 0 Å². The highest BCUT2D eigenvalue weighted by atomic mass is 16.5. The molecule has 0 unspecified atom stereocenters. The maximum atomic E-state index is 12.2. The molecule has 7 heteroatoms. The van der Waals surface area contributed by atoms with Crippen molar-refractivity contribution in [3.63, 3.8) is 0 Å². The number of fused-ring (bicyclic) bond motifs is 1. The Morgan fingerprint density at radius 3 is 2.65 bits per heavy atom. The first-order valence-corrected chi connectivity index (χ1v) is 7.86. The molecule has 2 amide bonds. The molecule has 130 valence electrons. The molecule has 0 fully saturated rings. The second-order valence-electron chi connectivity index (χ2n) is 5.63. The van der Waals surface area contributed by atoms with Gasteiger partial charge < -0.3 is 20.2 Å². The predicted octanol–water partition coefficient (Wildman–Crippen LogP) is 2.34. The molecular weight excluding hydrogens is 332 g/mol. The molecule has 0 atom stereocenters. The molecule has 3 aromatic rings. The third-order valence-corrected chi connectivity index (χ3v) is 3.89. The Balaban J connectivity index is 1.67. The normalized spacial score (nSPS) is 10.3. The molecule has 1 aromatic carbocycles. The first-order chi connectivity index (χ1) is 12.6. The van der Waals surface area contributed by atoms with Crippen LogP contribution in [-0.4, -0.2) is 16.4 Å². The van der Waals surface area contributed by atoms with E-state index in [4.69, 9.17) is 10.5 Å². The zero-order valence-corrected chi connectivity index (χ0v) is 13.8. The van der Waals surface area contributed by atoms with Gasteiger partial charge in [0.1, 0.15) is 12.7 Å². The summed E-state index contributed by atoms with van der Waals surface area (Å²) in [6, 6.07) is 13.7. The quantitative estimate of drug-likeness (QED) is 0.690. The number of pyridine rings is 1. The van der Waals surface area contributed by atoms with Gasteiger partial charge in [0.15, 0.2) is 0 Å². The number of amides is 2. The number of rotatable bonds is 5. The number of nitrogens with two attached hydrogens (primary N) is 1. The van der Waals surface area contributed by atoms with E-state index >= 15 is 0 Å². The van der Waals surface area contributed by atoms with Crippen molar-refractivity contribution in [2.75, 3.05) is 0 Å². The average Bonchev–Trinajstić information content (AvgIpc) is 3.02. The molecule has 0 aliphatic heterocycles. The van der Waals surface area contributed by atoms with Crippen LogP contribution in [0.5, 0.6) is 0 Å². The standard InChI is InChI=1S/C19H16N4O3/c20-9-16-15(11-23-8-2-1-3-17(16)23)12-26-18(24)14-6-4-13(5-7-14)10-22-19(21)25/h1-8,11H,10,12H2,(H3,21,22,25). The molecule has 0 aliphatic rings. The largest absolute Gasteiger partial charge is 0.457 e. The van der Waals surface area contributed by atoms with Gasteiger partial charge in [-0.05, 0) is 29.8 Å². The van der Waals surface area contributed by atoms with Gasteiger partial charge >= 0.3 is 12.0 Å². The lowest BCUT2D eigenvalue weighted by Gasteiger charge is -2.06. The van der Waals surface area contributed by atoms with Crippen LogP contribution in [0.3, 0.4) is 0 Å². The van der Waals surface area contributed by atoms with E-state index in [1.807, 2.05) is 28.8 Å². The fourth-order valence-corrected chi connectivity index (χ4v) is 2.59. The first kappa shape index (κ1) is 17.0. The minimum Gasteiger partial charge on any atom is -0.457 e. The van der Waals surface area contributed by atoms with E-state index in [1.54, 1.807) is 30.5 Å². The number of urea groups is 1. The number of primary amides is 1. The molecule has 7 nitrogen and oxygen atoms in total. The van der Waals surface area contributed by atoms with Crippen molar-refractivity contribution in [2.24, 2.45) is 5.73 Å². The number of hydrogen-bond donors (Lipinski definition) is 2. The van der Waals surface area contributed by atoms with E-state index in [0.717, 1.165) is 11.1 Å². The van der Waals surface area contributed by atoms with Gasteiger partial charge in [-0.3, -0.25) is 0 Å². The minimum atomic E-state index is -0.610. The monoisotopic (exact) mass is 348 g/mol. The summed E-state index contributed by atoms with van der Waals surface area (Å²) in [7, 11) is 0. The Bertz CT molecular complexity index is 1000. The second kappa shape index (κ2) is 7.40. The fraction of sp³-hybridized carbons (Fsp3) is 0.105. The smallest absolute Gasteiger partial charge is 0.338 e. The van der Waals surface area contributed by atoms with Crippen molar-refractivity contribution in [3.05, 3.63) is 77.1 Å². The molecular formula is C19H16N4O3. The van der Waals surface area contributed by atoms with E-state index in [0.29, 0.717) is 16.7 Å². The van der Waals surface area contributed by atoms with Crippen LogP contribution in [0.1, 0.15) is 27.0 Å². The van der Waals surface area contributed by atoms with Gasteiger partial charge in [-0.2, -0.15) is 5.26 Å². The number of esters is 1.